The lowest BCUT2D eigenvalue weighted by Crippen LogP contribution is -2.01. The Labute approximate surface area is 83.8 Å². The van der Waals surface area contributed by atoms with Gasteiger partial charge < -0.3 is 15.6 Å². The summed E-state index contributed by atoms with van der Waals surface area (Å²) in [6.45, 7) is 0.912. The molecule has 3 nitrogen and oxygen atoms in total. The van der Waals surface area contributed by atoms with E-state index in [2.05, 4.69) is 0 Å². The van der Waals surface area contributed by atoms with Gasteiger partial charge in [0.2, 0.25) is 0 Å². The largest absolute Gasteiger partial charge is 0.491 e. The zero-order valence-corrected chi connectivity index (χ0v) is 8.02. The van der Waals surface area contributed by atoms with Gasteiger partial charge in [-0.15, -0.1) is 0 Å². The van der Waals surface area contributed by atoms with Crippen molar-refractivity contribution < 1.29 is 9.84 Å². The van der Waals surface area contributed by atoms with Crippen LogP contribution in [0.15, 0.2) is 30.3 Å². The molecule has 1 aromatic rings. The molecule has 0 saturated carbocycles. The third-order valence-electron chi connectivity index (χ3n) is 1.69. The summed E-state index contributed by atoms with van der Waals surface area (Å²) in [5, 5.41) is 8.55. The first kappa shape index (κ1) is 10.8. The Morgan fingerprint density at radius 3 is 2.57 bits per heavy atom. The molecule has 0 aliphatic rings. The van der Waals surface area contributed by atoms with E-state index in [4.69, 9.17) is 15.6 Å². The molecule has 0 bridgehead atoms. The van der Waals surface area contributed by atoms with Crippen molar-refractivity contribution in [2.24, 2.45) is 5.73 Å². The SMILES string of the molecule is NCC=Cc1ccc(OCCO)cc1. The van der Waals surface area contributed by atoms with Gasteiger partial charge in [-0.05, 0) is 17.7 Å². The molecule has 0 amide bonds. The van der Waals surface area contributed by atoms with Gasteiger partial charge in [-0.25, -0.2) is 0 Å². The fraction of sp³-hybridized carbons (Fsp3) is 0.273. The van der Waals surface area contributed by atoms with Gasteiger partial charge in [0, 0.05) is 6.54 Å². The monoisotopic (exact) mass is 193 g/mol. The second kappa shape index (κ2) is 6.18. The molecule has 3 N–H and O–H groups in total. The highest BCUT2D eigenvalue weighted by atomic mass is 16.5. The summed E-state index contributed by atoms with van der Waals surface area (Å²) in [6.07, 6.45) is 3.85. The topological polar surface area (TPSA) is 55.5 Å². The van der Waals surface area contributed by atoms with E-state index < -0.39 is 0 Å². The van der Waals surface area contributed by atoms with Gasteiger partial charge in [0.1, 0.15) is 12.4 Å². The van der Waals surface area contributed by atoms with Crippen molar-refractivity contribution >= 4 is 6.08 Å². The maximum Gasteiger partial charge on any atom is 0.119 e. The van der Waals surface area contributed by atoms with Gasteiger partial charge in [-0.3, -0.25) is 0 Å². The van der Waals surface area contributed by atoms with Gasteiger partial charge in [0.05, 0.1) is 6.61 Å². The first-order chi connectivity index (χ1) is 6.86. The van der Waals surface area contributed by atoms with Crippen LogP contribution in [0.2, 0.25) is 0 Å². The quantitative estimate of drug-likeness (QED) is 0.734. The summed E-state index contributed by atoms with van der Waals surface area (Å²) in [5.74, 6) is 0.768. The summed E-state index contributed by atoms with van der Waals surface area (Å²) in [7, 11) is 0. The van der Waals surface area contributed by atoms with Crippen molar-refractivity contribution in [2.45, 2.75) is 0 Å². The van der Waals surface area contributed by atoms with Crippen LogP contribution in [0.1, 0.15) is 5.56 Å². The molecule has 0 aromatic heterocycles. The molecule has 1 rings (SSSR count). The van der Waals surface area contributed by atoms with Crippen molar-refractivity contribution in [1.82, 2.24) is 0 Å². The lowest BCUT2D eigenvalue weighted by Gasteiger charge is -2.03. The van der Waals surface area contributed by atoms with Crippen LogP contribution in [0.25, 0.3) is 6.08 Å². The van der Waals surface area contributed by atoms with Gasteiger partial charge >= 0.3 is 0 Å². The van der Waals surface area contributed by atoms with Crippen LogP contribution >= 0.6 is 0 Å². The van der Waals surface area contributed by atoms with Crippen LogP contribution in [-0.2, 0) is 0 Å². The van der Waals surface area contributed by atoms with Crippen LogP contribution < -0.4 is 10.5 Å². The molecule has 0 unspecified atom stereocenters. The highest BCUT2D eigenvalue weighted by Gasteiger charge is 1.91. The number of ether oxygens (including phenoxy) is 1. The smallest absolute Gasteiger partial charge is 0.119 e. The zero-order chi connectivity index (χ0) is 10.2. The van der Waals surface area contributed by atoms with Crippen LogP contribution in [0.4, 0.5) is 0 Å². The van der Waals surface area contributed by atoms with Crippen LogP contribution in [0.5, 0.6) is 5.75 Å². The molecule has 3 heteroatoms. The molecule has 0 aliphatic heterocycles. The summed E-state index contributed by atoms with van der Waals surface area (Å²) < 4.78 is 5.22. The molecule has 0 fully saturated rings. The minimum absolute atomic E-state index is 0.0365. The Morgan fingerprint density at radius 2 is 2.00 bits per heavy atom. The molecule has 0 heterocycles. The molecule has 0 saturated heterocycles. The number of hydrogen-bond donors (Lipinski definition) is 2. The van der Waals surface area contributed by atoms with E-state index in [-0.39, 0.29) is 6.61 Å². The molecule has 0 radical (unpaired) electrons. The highest BCUT2D eigenvalue weighted by molar-refractivity contribution is 5.50. The van der Waals surface area contributed by atoms with Crippen LogP contribution in [-0.4, -0.2) is 24.9 Å². The maximum atomic E-state index is 8.55. The predicted molar refractivity (Wildman–Crippen MR) is 57.1 cm³/mol. The number of rotatable bonds is 5. The first-order valence-corrected chi connectivity index (χ1v) is 4.57. The minimum Gasteiger partial charge on any atom is -0.491 e. The average molecular weight is 193 g/mol. The average Bonchev–Trinajstić information content (AvgIpc) is 2.25. The van der Waals surface area contributed by atoms with Crippen LogP contribution in [0, 0.1) is 0 Å². The molecule has 76 valence electrons. The minimum atomic E-state index is 0.0365. The summed E-state index contributed by atoms with van der Waals surface area (Å²) >= 11 is 0. The molecule has 14 heavy (non-hydrogen) atoms. The van der Waals surface area contributed by atoms with Gasteiger partial charge in [0.25, 0.3) is 0 Å². The number of aliphatic hydroxyl groups is 1. The lowest BCUT2D eigenvalue weighted by atomic mass is 10.2. The summed E-state index contributed by atoms with van der Waals surface area (Å²) in [6, 6.07) is 7.62. The van der Waals surface area contributed by atoms with E-state index >= 15 is 0 Å². The maximum absolute atomic E-state index is 8.55. The Bertz CT molecular complexity index is 280. The van der Waals surface area contributed by atoms with Crippen molar-refractivity contribution in [3.8, 4) is 5.75 Å². The van der Waals surface area contributed by atoms with Gasteiger partial charge in [-0.1, -0.05) is 24.3 Å². The second-order valence-corrected chi connectivity index (χ2v) is 2.78. The first-order valence-electron chi connectivity index (χ1n) is 4.57. The highest BCUT2D eigenvalue weighted by Crippen LogP contribution is 2.12. The fourth-order valence-electron chi connectivity index (χ4n) is 1.04. The summed E-state index contributed by atoms with van der Waals surface area (Å²) in [4.78, 5) is 0. The van der Waals surface area contributed by atoms with Crippen molar-refractivity contribution in [3.63, 3.8) is 0 Å². The Balaban J connectivity index is 2.54. The van der Waals surface area contributed by atoms with Crippen molar-refractivity contribution in [1.29, 1.82) is 0 Å². The standard InChI is InChI=1S/C11H15NO2/c12-7-1-2-10-3-5-11(6-4-10)14-9-8-13/h1-6,13H,7-9,12H2. The van der Waals surface area contributed by atoms with E-state index in [0.29, 0.717) is 13.2 Å². The normalized spacial score (nSPS) is 10.7. The van der Waals surface area contributed by atoms with Gasteiger partial charge in [-0.2, -0.15) is 0 Å². The lowest BCUT2D eigenvalue weighted by molar-refractivity contribution is 0.201. The fourth-order valence-corrected chi connectivity index (χ4v) is 1.04. The van der Waals surface area contributed by atoms with Crippen molar-refractivity contribution in [3.05, 3.63) is 35.9 Å². The van der Waals surface area contributed by atoms with Crippen molar-refractivity contribution in [2.75, 3.05) is 19.8 Å². The molecule has 1 aromatic carbocycles. The molecular formula is C11H15NO2. The van der Waals surface area contributed by atoms with E-state index in [1.807, 2.05) is 36.4 Å². The Kier molecular flexibility index (Phi) is 4.75. The third kappa shape index (κ3) is 3.60. The number of aliphatic hydroxyl groups excluding tert-OH is 1. The van der Waals surface area contributed by atoms with E-state index in [9.17, 15) is 0 Å². The number of benzene rings is 1. The van der Waals surface area contributed by atoms with E-state index in [1.165, 1.54) is 0 Å². The second-order valence-electron chi connectivity index (χ2n) is 2.78. The third-order valence-corrected chi connectivity index (χ3v) is 1.69. The van der Waals surface area contributed by atoms with E-state index in [0.717, 1.165) is 11.3 Å². The molecule has 0 atom stereocenters. The zero-order valence-electron chi connectivity index (χ0n) is 8.02. The predicted octanol–water partition coefficient (Wildman–Crippen LogP) is 1.03. The Hall–Kier alpha value is -1.32. The van der Waals surface area contributed by atoms with E-state index in [1.54, 1.807) is 0 Å². The van der Waals surface area contributed by atoms with Crippen LogP contribution in [0.3, 0.4) is 0 Å². The molecular weight excluding hydrogens is 178 g/mol. The number of nitrogens with two attached hydrogens (primary N) is 1. The molecule has 0 aliphatic carbocycles. The number of hydrogen-bond acceptors (Lipinski definition) is 3. The molecule has 0 spiro atoms. The van der Waals surface area contributed by atoms with Gasteiger partial charge in [0.15, 0.2) is 0 Å². The Morgan fingerprint density at radius 1 is 1.29 bits per heavy atom. The summed E-state index contributed by atoms with van der Waals surface area (Å²) in [5.41, 5.74) is 6.42.